The topological polar surface area (TPSA) is 75.0 Å². The van der Waals surface area contributed by atoms with Crippen LogP contribution in [0.15, 0.2) is 23.0 Å². The molecule has 0 atom stereocenters. The van der Waals surface area contributed by atoms with Crippen LogP contribution in [0.25, 0.3) is 10.9 Å². The third-order valence-electron chi connectivity index (χ3n) is 3.84. The molecule has 0 saturated heterocycles. The average molecular weight is 258 g/mol. The van der Waals surface area contributed by atoms with Crippen LogP contribution in [-0.2, 0) is 0 Å². The van der Waals surface area contributed by atoms with Crippen LogP contribution in [0.1, 0.15) is 19.3 Å². The van der Waals surface area contributed by atoms with Crippen LogP contribution in [0.5, 0.6) is 0 Å². The van der Waals surface area contributed by atoms with Crippen LogP contribution in [0, 0.1) is 5.92 Å². The van der Waals surface area contributed by atoms with E-state index in [9.17, 15) is 4.79 Å². The Balaban J connectivity index is 1.95. The van der Waals surface area contributed by atoms with E-state index in [0.717, 1.165) is 12.5 Å². The largest absolute Gasteiger partial charge is 0.399 e. The van der Waals surface area contributed by atoms with Crippen LogP contribution in [0.4, 0.5) is 11.6 Å². The third kappa shape index (κ3) is 2.28. The molecule has 0 radical (unpaired) electrons. The number of rotatable bonds is 3. The lowest BCUT2D eigenvalue weighted by Gasteiger charge is -2.30. The van der Waals surface area contributed by atoms with E-state index >= 15 is 0 Å². The summed E-state index contributed by atoms with van der Waals surface area (Å²) in [6.07, 6.45) is 3.87. The number of fused-ring (bicyclic) bond motifs is 1. The number of nitrogen functional groups attached to an aromatic ring is 1. The lowest BCUT2D eigenvalue weighted by molar-refractivity contribution is 0.320. The molecule has 1 saturated carbocycles. The second kappa shape index (κ2) is 4.57. The molecule has 0 amide bonds. The summed E-state index contributed by atoms with van der Waals surface area (Å²) in [5.74, 6) is 1.37. The number of benzene rings is 1. The van der Waals surface area contributed by atoms with Gasteiger partial charge in [-0.1, -0.05) is 6.42 Å². The molecule has 3 N–H and O–H groups in total. The Morgan fingerprint density at radius 3 is 2.95 bits per heavy atom. The van der Waals surface area contributed by atoms with Crippen molar-refractivity contribution in [2.75, 3.05) is 24.2 Å². The van der Waals surface area contributed by atoms with Crippen molar-refractivity contribution in [2.45, 2.75) is 19.3 Å². The first-order valence-electron chi connectivity index (χ1n) is 6.64. The molecule has 1 aliphatic rings. The van der Waals surface area contributed by atoms with E-state index in [0.29, 0.717) is 22.5 Å². The van der Waals surface area contributed by atoms with Crippen molar-refractivity contribution in [2.24, 2.45) is 5.92 Å². The predicted octanol–water partition coefficient (Wildman–Crippen LogP) is 1.74. The highest BCUT2D eigenvalue weighted by Crippen LogP contribution is 2.27. The maximum Gasteiger partial charge on any atom is 0.260 e. The summed E-state index contributed by atoms with van der Waals surface area (Å²) < 4.78 is 0. The van der Waals surface area contributed by atoms with Crippen LogP contribution < -0.4 is 16.2 Å². The Morgan fingerprint density at radius 1 is 1.47 bits per heavy atom. The highest BCUT2D eigenvalue weighted by Gasteiger charge is 2.20. The Kier molecular flexibility index (Phi) is 2.89. The molecule has 0 spiro atoms. The van der Waals surface area contributed by atoms with E-state index < -0.39 is 0 Å². The van der Waals surface area contributed by atoms with Gasteiger partial charge in [0.2, 0.25) is 5.95 Å². The number of aromatic amines is 1. The van der Waals surface area contributed by atoms with E-state index in [1.165, 1.54) is 19.3 Å². The molecule has 1 aromatic heterocycles. The van der Waals surface area contributed by atoms with Gasteiger partial charge in [-0.3, -0.25) is 9.78 Å². The van der Waals surface area contributed by atoms with E-state index in [-0.39, 0.29) is 5.56 Å². The molecule has 2 aromatic rings. The van der Waals surface area contributed by atoms with Crippen molar-refractivity contribution in [3.05, 3.63) is 28.6 Å². The van der Waals surface area contributed by atoms with Crippen molar-refractivity contribution >= 4 is 22.5 Å². The molecule has 5 nitrogen and oxygen atoms in total. The normalized spacial score (nSPS) is 15.4. The van der Waals surface area contributed by atoms with Crippen molar-refractivity contribution in [3.8, 4) is 0 Å². The molecule has 1 aliphatic carbocycles. The predicted molar refractivity (Wildman–Crippen MR) is 77.4 cm³/mol. The molecule has 0 aliphatic heterocycles. The SMILES string of the molecule is CN(CC1CCC1)c1nc2ccc(N)cc2c(=O)[nH]1. The standard InChI is InChI=1S/C14H18N4O/c1-18(8-9-3-2-4-9)14-16-12-6-5-10(15)7-11(12)13(19)17-14/h5-7,9H,2-4,8,15H2,1H3,(H,16,17,19). The maximum atomic E-state index is 12.0. The second-order valence-electron chi connectivity index (χ2n) is 5.34. The molecule has 5 heteroatoms. The number of nitrogens with two attached hydrogens (primary N) is 1. The molecule has 100 valence electrons. The van der Waals surface area contributed by atoms with Crippen LogP contribution in [-0.4, -0.2) is 23.6 Å². The fraction of sp³-hybridized carbons (Fsp3) is 0.429. The van der Waals surface area contributed by atoms with Gasteiger partial charge >= 0.3 is 0 Å². The minimum atomic E-state index is -0.132. The van der Waals surface area contributed by atoms with Gasteiger partial charge in [0.25, 0.3) is 5.56 Å². The lowest BCUT2D eigenvalue weighted by Crippen LogP contribution is -2.31. The fourth-order valence-corrected chi connectivity index (χ4v) is 2.47. The van der Waals surface area contributed by atoms with Crippen molar-refractivity contribution in [3.63, 3.8) is 0 Å². The van der Waals surface area contributed by atoms with Gasteiger partial charge in [-0.15, -0.1) is 0 Å². The van der Waals surface area contributed by atoms with Gasteiger partial charge in [0.1, 0.15) is 0 Å². The Labute approximate surface area is 111 Å². The zero-order valence-electron chi connectivity index (χ0n) is 11.0. The molecule has 0 unspecified atom stereocenters. The molecule has 1 fully saturated rings. The first-order chi connectivity index (χ1) is 9.13. The smallest absolute Gasteiger partial charge is 0.260 e. The van der Waals surface area contributed by atoms with Gasteiger partial charge in [0.15, 0.2) is 0 Å². The van der Waals surface area contributed by atoms with Gasteiger partial charge in [-0.2, -0.15) is 0 Å². The summed E-state index contributed by atoms with van der Waals surface area (Å²) in [6.45, 7) is 0.948. The molecule has 19 heavy (non-hydrogen) atoms. The Hall–Kier alpha value is -2.04. The number of H-pyrrole nitrogens is 1. The minimum absolute atomic E-state index is 0.132. The molecular weight excluding hydrogens is 240 g/mol. The monoisotopic (exact) mass is 258 g/mol. The van der Waals surface area contributed by atoms with Crippen molar-refractivity contribution in [1.82, 2.24) is 9.97 Å². The van der Waals surface area contributed by atoms with Crippen molar-refractivity contribution < 1.29 is 0 Å². The summed E-state index contributed by atoms with van der Waals surface area (Å²) >= 11 is 0. The summed E-state index contributed by atoms with van der Waals surface area (Å²) in [5.41, 5.74) is 6.83. The number of nitrogens with zero attached hydrogens (tertiary/aromatic N) is 2. The summed E-state index contributed by atoms with van der Waals surface area (Å²) in [6, 6.07) is 5.22. The third-order valence-corrected chi connectivity index (χ3v) is 3.84. The lowest BCUT2D eigenvalue weighted by atomic mass is 9.85. The van der Waals surface area contributed by atoms with Crippen molar-refractivity contribution in [1.29, 1.82) is 0 Å². The van der Waals surface area contributed by atoms with Gasteiger partial charge in [0.05, 0.1) is 10.9 Å². The number of anilines is 2. The number of nitrogens with one attached hydrogen (secondary N) is 1. The summed E-state index contributed by atoms with van der Waals surface area (Å²) in [5, 5.41) is 0.542. The molecule has 3 rings (SSSR count). The van der Waals surface area contributed by atoms with Crippen LogP contribution >= 0.6 is 0 Å². The second-order valence-corrected chi connectivity index (χ2v) is 5.34. The number of hydrogen-bond acceptors (Lipinski definition) is 4. The Bertz CT molecular complexity index is 660. The fourth-order valence-electron chi connectivity index (χ4n) is 2.47. The van der Waals surface area contributed by atoms with Gasteiger partial charge in [-0.05, 0) is 37.0 Å². The Morgan fingerprint density at radius 2 is 2.26 bits per heavy atom. The molecular formula is C14H18N4O. The van der Waals surface area contributed by atoms with E-state index in [1.54, 1.807) is 18.2 Å². The maximum absolute atomic E-state index is 12.0. The van der Waals surface area contributed by atoms with Gasteiger partial charge in [-0.25, -0.2) is 4.98 Å². The first-order valence-corrected chi connectivity index (χ1v) is 6.64. The van der Waals surface area contributed by atoms with E-state index in [2.05, 4.69) is 9.97 Å². The summed E-state index contributed by atoms with van der Waals surface area (Å²) in [7, 11) is 1.97. The first kappa shape index (κ1) is 12.0. The average Bonchev–Trinajstić information content (AvgIpc) is 2.34. The highest BCUT2D eigenvalue weighted by molar-refractivity contribution is 5.81. The van der Waals surface area contributed by atoms with Gasteiger partial charge < -0.3 is 10.6 Å². The van der Waals surface area contributed by atoms with Crippen LogP contribution in [0.3, 0.4) is 0 Å². The van der Waals surface area contributed by atoms with Gasteiger partial charge in [0, 0.05) is 19.3 Å². The molecule has 1 heterocycles. The molecule has 0 bridgehead atoms. The zero-order valence-corrected chi connectivity index (χ0v) is 11.0. The van der Waals surface area contributed by atoms with Crippen LogP contribution in [0.2, 0.25) is 0 Å². The minimum Gasteiger partial charge on any atom is -0.399 e. The van der Waals surface area contributed by atoms with E-state index in [1.807, 2.05) is 11.9 Å². The zero-order chi connectivity index (χ0) is 13.4. The van der Waals surface area contributed by atoms with E-state index in [4.69, 9.17) is 5.73 Å². The number of hydrogen-bond donors (Lipinski definition) is 2. The summed E-state index contributed by atoms with van der Waals surface area (Å²) in [4.78, 5) is 21.4. The molecule has 1 aromatic carbocycles. The number of aromatic nitrogens is 2. The highest BCUT2D eigenvalue weighted by atomic mass is 16.1. The quantitative estimate of drug-likeness (QED) is 0.822.